The molecule has 5 rings (SSSR count). The van der Waals surface area contributed by atoms with Crippen molar-refractivity contribution >= 4 is 45.4 Å². The van der Waals surface area contributed by atoms with Crippen molar-refractivity contribution in [1.82, 2.24) is 9.80 Å². The van der Waals surface area contributed by atoms with E-state index in [9.17, 15) is 18.0 Å². The Balaban J connectivity index is 1.87. The fraction of sp³-hybridized carbons (Fsp3) is 0.300. The van der Waals surface area contributed by atoms with Crippen molar-refractivity contribution in [2.75, 3.05) is 39.2 Å². The number of amides is 2. The van der Waals surface area contributed by atoms with E-state index in [1.807, 2.05) is 0 Å². The van der Waals surface area contributed by atoms with E-state index in [0.717, 1.165) is 4.31 Å². The Kier molecular flexibility index (Phi) is 7.78. The topological polar surface area (TPSA) is 114 Å². The summed E-state index contributed by atoms with van der Waals surface area (Å²) in [4.78, 5) is 43.6. The Morgan fingerprint density at radius 3 is 2.36 bits per heavy atom. The smallest absolute Gasteiger partial charge is 0.271 e. The summed E-state index contributed by atoms with van der Waals surface area (Å²) in [6, 6.07) is 14.1. The molecule has 0 saturated carbocycles. The zero-order chi connectivity index (χ0) is 30.4. The lowest BCUT2D eigenvalue weighted by Gasteiger charge is -2.42. The maximum atomic E-state index is 15.1. The van der Waals surface area contributed by atoms with Gasteiger partial charge in [-0.2, -0.15) is 0 Å². The Morgan fingerprint density at radius 1 is 1.02 bits per heavy atom. The number of likely N-dealkylation sites (tertiary alicyclic amines) is 1. The highest BCUT2D eigenvalue weighted by Gasteiger charge is 2.63. The number of hydrogen-bond donors (Lipinski definition) is 0. The van der Waals surface area contributed by atoms with E-state index in [2.05, 4.69) is 0 Å². The van der Waals surface area contributed by atoms with Crippen LogP contribution in [0.3, 0.4) is 0 Å². The predicted octanol–water partition coefficient (Wildman–Crippen LogP) is 3.70. The Morgan fingerprint density at radius 2 is 1.74 bits per heavy atom. The van der Waals surface area contributed by atoms with Gasteiger partial charge in [-0.15, -0.1) is 0 Å². The fourth-order valence-corrected chi connectivity index (χ4v) is 7.57. The van der Waals surface area contributed by atoms with Gasteiger partial charge in [0.2, 0.25) is 5.91 Å². The number of carbonyl (C=O) groups excluding carboxylic acids is 3. The number of fused-ring (bicyclic) bond motifs is 1. The lowest BCUT2D eigenvalue weighted by molar-refractivity contribution is -0.138. The van der Waals surface area contributed by atoms with Crippen LogP contribution in [0.1, 0.15) is 34.3 Å². The molecule has 12 heteroatoms. The second kappa shape index (κ2) is 11.0. The summed E-state index contributed by atoms with van der Waals surface area (Å²) < 4.78 is 40.2. The summed E-state index contributed by atoms with van der Waals surface area (Å²) in [7, 11) is 1.65. The molecular weight excluding hydrogens is 582 g/mol. The second-order valence-corrected chi connectivity index (χ2v) is 12.5. The number of methoxy groups -OCH3 is 2. The summed E-state index contributed by atoms with van der Waals surface area (Å²) in [5, 5.41) is 0.259. The second-order valence-electron chi connectivity index (χ2n) is 10.3. The van der Waals surface area contributed by atoms with Gasteiger partial charge in [-0.1, -0.05) is 11.6 Å². The minimum Gasteiger partial charge on any atom is -0.497 e. The lowest BCUT2D eigenvalue weighted by atomic mass is 9.80. The van der Waals surface area contributed by atoms with Crippen LogP contribution >= 0.6 is 11.6 Å². The molecule has 0 aromatic heterocycles. The normalized spacial score (nSPS) is 20.4. The first kappa shape index (κ1) is 29.6. The van der Waals surface area contributed by atoms with Gasteiger partial charge < -0.3 is 14.4 Å². The number of carbonyl (C=O) groups is 3. The van der Waals surface area contributed by atoms with Crippen molar-refractivity contribution in [3.63, 3.8) is 0 Å². The fourth-order valence-electron chi connectivity index (χ4n) is 5.94. The van der Waals surface area contributed by atoms with Gasteiger partial charge in [-0.3, -0.25) is 19.3 Å². The molecule has 3 aromatic rings. The highest BCUT2D eigenvalue weighted by atomic mass is 35.5. The van der Waals surface area contributed by atoms with E-state index < -0.39 is 27.5 Å². The van der Waals surface area contributed by atoms with Crippen LogP contribution in [-0.4, -0.2) is 77.2 Å². The molecule has 2 amide bonds. The van der Waals surface area contributed by atoms with E-state index >= 15 is 4.79 Å². The van der Waals surface area contributed by atoms with Crippen LogP contribution in [0.2, 0.25) is 5.02 Å². The average molecular weight is 612 g/mol. The van der Waals surface area contributed by atoms with Crippen molar-refractivity contribution in [2.24, 2.45) is 0 Å². The standard InChI is InChI=1S/C30H30ClN3O7S/c1-32(2)28(36)26-6-5-15-33(26)30(24-16-19(18-35)7-14-27(24)41-4)23-17-20(31)8-13-25(23)34(29(30)37)42(38,39)22-11-9-21(40-3)10-12-22/h7-14,16-18,26H,5-6,15H2,1-4H3/t26?,30-/m0/s1. The average Bonchev–Trinajstić information content (AvgIpc) is 3.57. The number of sulfonamides is 1. The van der Waals surface area contributed by atoms with Crippen LogP contribution in [0.25, 0.3) is 0 Å². The third-order valence-corrected chi connectivity index (χ3v) is 9.76. The van der Waals surface area contributed by atoms with Crippen LogP contribution in [0, 0.1) is 0 Å². The van der Waals surface area contributed by atoms with Gasteiger partial charge in [-0.25, -0.2) is 12.7 Å². The Labute approximate surface area is 249 Å². The number of anilines is 1. The van der Waals surface area contributed by atoms with Crippen LogP contribution in [0.5, 0.6) is 11.5 Å². The molecule has 1 saturated heterocycles. The molecule has 2 atom stereocenters. The zero-order valence-electron chi connectivity index (χ0n) is 23.5. The van der Waals surface area contributed by atoms with Crippen LogP contribution in [0.4, 0.5) is 5.69 Å². The number of halogens is 1. The highest BCUT2D eigenvalue weighted by Crippen LogP contribution is 2.55. The number of hydrogen-bond acceptors (Lipinski definition) is 8. The van der Waals surface area contributed by atoms with E-state index in [1.165, 1.54) is 61.6 Å². The maximum Gasteiger partial charge on any atom is 0.271 e. The molecule has 0 radical (unpaired) electrons. The van der Waals surface area contributed by atoms with E-state index in [-0.39, 0.29) is 50.5 Å². The van der Waals surface area contributed by atoms with Crippen molar-refractivity contribution in [2.45, 2.75) is 29.3 Å². The highest BCUT2D eigenvalue weighted by molar-refractivity contribution is 7.93. The van der Waals surface area contributed by atoms with E-state index in [1.54, 1.807) is 37.2 Å². The summed E-state index contributed by atoms with van der Waals surface area (Å²) >= 11 is 6.51. The van der Waals surface area contributed by atoms with Gasteiger partial charge >= 0.3 is 0 Å². The molecule has 10 nitrogen and oxygen atoms in total. The molecule has 0 spiro atoms. The van der Waals surface area contributed by atoms with Crippen LogP contribution in [0.15, 0.2) is 65.6 Å². The number of nitrogens with zero attached hydrogens (tertiary/aromatic N) is 3. The SMILES string of the molecule is COc1ccc(S(=O)(=O)N2C(=O)[C@](c3cc(C=O)ccc3OC)(N3CCCC3C(=O)N(C)C)c3cc(Cl)ccc32)cc1. The van der Waals surface area contributed by atoms with Gasteiger partial charge in [0.15, 0.2) is 5.54 Å². The molecule has 1 unspecified atom stereocenters. The van der Waals surface area contributed by atoms with Crippen molar-refractivity contribution in [3.8, 4) is 11.5 Å². The number of benzene rings is 3. The van der Waals surface area contributed by atoms with Gasteiger partial charge in [0, 0.05) is 42.4 Å². The van der Waals surface area contributed by atoms with Crippen LogP contribution in [-0.2, 0) is 25.2 Å². The first-order valence-corrected chi connectivity index (χ1v) is 15.0. The molecule has 3 aromatic carbocycles. The maximum absolute atomic E-state index is 15.1. The Hall–Kier alpha value is -3.93. The number of ether oxygens (including phenoxy) is 2. The minimum absolute atomic E-state index is 0.0849. The largest absolute Gasteiger partial charge is 0.497 e. The summed E-state index contributed by atoms with van der Waals surface area (Å²) in [6.07, 6.45) is 1.63. The zero-order valence-corrected chi connectivity index (χ0v) is 25.1. The van der Waals surface area contributed by atoms with Gasteiger partial charge in [-0.05, 0) is 73.5 Å². The molecule has 2 heterocycles. The van der Waals surface area contributed by atoms with Gasteiger partial charge in [0.25, 0.3) is 15.9 Å². The summed E-state index contributed by atoms with van der Waals surface area (Å²) in [6.45, 7) is 0.285. The molecule has 2 aliphatic rings. The molecule has 0 bridgehead atoms. The third kappa shape index (κ3) is 4.43. The number of likely N-dealkylation sites (N-methyl/N-ethyl adjacent to an activating group) is 1. The first-order valence-electron chi connectivity index (χ1n) is 13.2. The minimum atomic E-state index is -4.48. The van der Waals surface area contributed by atoms with E-state index in [0.29, 0.717) is 24.9 Å². The summed E-state index contributed by atoms with van der Waals surface area (Å²) in [5.41, 5.74) is -1.06. The van der Waals surface area contributed by atoms with Crippen molar-refractivity contribution < 1.29 is 32.3 Å². The monoisotopic (exact) mass is 611 g/mol. The third-order valence-electron chi connectivity index (χ3n) is 7.82. The molecular formula is C30H30ClN3O7S. The van der Waals surface area contributed by atoms with Gasteiger partial charge in [0.05, 0.1) is 30.8 Å². The molecule has 42 heavy (non-hydrogen) atoms. The first-order chi connectivity index (χ1) is 20.0. The van der Waals surface area contributed by atoms with E-state index in [4.69, 9.17) is 21.1 Å². The lowest BCUT2D eigenvalue weighted by Crippen LogP contribution is -2.59. The van der Waals surface area contributed by atoms with Crippen LogP contribution < -0.4 is 13.8 Å². The van der Waals surface area contributed by atoms with Crippen molar-refractivity contribution in [3.05, 3.63) is 82.4 Å². The summed E-state index contributed by atoms with van der Waals surface area (Å²) in [5.74, 6) is -0.395. The number of aldehydes is 1. The molecule has 2 aliphatic heterocycles. The molecule has 0 aliphatic carbocycles. The Bertz CT molecular complexity index is 1680. The quantitative estimate of drug-likeness (QED) is 0.354. The molecule has 0 N–H and O–H groups in total. The van der Waals surface area contributed by atoms with Gasteiger partial charge in [0.1, 0.15) is 17.8 Å². The molecule has 1 fully saturated rings. The predicted molar refractivity (Wildman–Crippen MR) is 157 cm³/mol. The number of rotatable bonds is 8. The van der Waals surface area contributed by atoms with Crippen molar-refractivity contribution in [1.29, 1.82) is 0 Å². The molecule has 220 valence electrons.